The number of carbonyl (C=O) groups excluding carboxylic acids is 1. The average Bonchev–Trinajstić information content (AvgIpc) is 3.37. The lowest BCUT2D eigenvalue weighted by atomic mass is 10.2. The Bertz CT molecular complexity index is 1160. The molecule has 1 N–H and O–H groups in total. The summed E-state index contributed by atoms with van der Waals surface area (Å²) in [6.07, 6.45) is 3.02. The van der Waals surface area contributed by atoms with Crippen molar-refractivity contribution in [2.24, 2.45) is 0 Å². The molecule has 1 amide bonds. The van der Waals surface area contributed by atoms with Crippen LogP contribution in [-0.2, 0) is 13.3 Å². The van der Waals surface area contributed by atoms with Crippen molar-refractivity contribution in [1.82, 2.24) is 24.5 Å². The molecular weight excluding hydrogens is 394 g/mol. The van der Waals surface area contributed by atoms with Crippen LogP contribution in [0.5, 0.6) is 5.75 Å². The quantitative estimate of drug-likeness (QED) is 0.506. The minimum absolute atomic E-state index is 0.0550. The van der Waals surface area contributed by atoms with E-state index < -0.39 is 5.91 Å². The van der Waals surface area contributed by atoms with Gasteiger partial charge in [0.15, 0.2) is 12.4 Å². The summed E-state index contributed by atoms with van der Waals surface area (Å²) in [5.74, 6) is -0.592. The van der Waals surface area contributed by atoms with E-state index in [1.807, 2.05) is 0 Å². The Morgan fingerprint density at radius 3 is 2.63 bits per heavy atom. The molecule has 0 spiro atoms. The number of rotatable bonds is 7. The summed E-state index contributed by atoms with van der Waals surface area (Å²) >= 11 is 0. The van der Waals surface area contributed by atoms with Gasteiger partial charge in [-0.05, 0) is 48.0 Å². The Hall–Kier alpha value is -4.08. The van der Waals surface area contributed by atoms with Gasteiger partial charge in [0.1, 0.15) is 23.7 Å². The number of hydrogen-bond donors (Lipinski definition) is 1. The number of hydrogen-bond acceptors (Lipinski definition) is 5. The molecule has 0 bridgehead atoms. The zero-order chi connectivity index (χ0) is 20.9. The van der Waals surface area contributed by atoms with E-state index in [4.69, 9.17) is 4.74 Å². The number of nitrogens with zero attached hydrogens (tertiary/aromatic N) is 5. The molecule has 2 aromatic carbocycles. The highest BCUT2D eigenvalue weighted by atomic mass is 19.1. The molecule has 0 saturated carbocycles. The van der Waals surface area contributed by atoms with Crippen LogP contribution < -0.4 is 10.1 Å². The Balaban J connectivity index is 1.33. The number of carbonyl (C=O) groups is 1. The highest BCUT2D eigenvalue weighted by Crippen LogP contribution is 2.12. The second-order valence-electron chi connectivity index (χ2n) is 6.32. The standard InChI is InChI=1S/C20H16F2N6O2/c21-15-4-6-17(7-5-15)30-13-27-9-8-18(25-27)19(29)24-20-23-12-28(26-20)11-14-2-1-3-16(22)10-14/h1-10,12H,11,13H2,(H,24,26,29). The van der Waals surface area contributed by atoms with Crippen molar-refractivity contribution in [3.05, 3.63) is 90.0 Å². The molecule has 4 aromatic rings. The molecule has 0 aliphatic heterocycles. The molecule has 2 heterocycles. The van der Waals surface area contributed by atoms with E-state index in [0.717, 1.165) is 5.56 Å². The lowest BCUT2D eigenvalue weighted by Crippen LogP contribution is -2.15. The number of amides is 1. The van der Waals surface area contributed by atoms with Gasteiger partial charge in [0, 0.05) is 6.20 Å². The van der Waals surface area contributed by atoms with Crippen LogP contribution in [0.2, 0.25) is 0 Å². The Morgan fingerprint density at radius 2 is 1.83 bits per heavy atom. The monoisotopic (exact) mass is 410 g/mol. The first-order valence-electron chi connectivity index (χ1n) is 8.92. The topological polar surface area (TPSA) is 86.9 Å². The predicted molar refractivity (Wildman–Crippen MR) is 103 cm³/mol. The maximum Gasteiger partial charge on any atom is 0.278 e. The SMILES string of the molecule is O=C(Nc1ncn(Cc2cccc(F)c2)n1)c1ccn(COc2ccc(F)cc2)n1. The first-order chi connectivity index (χ1) is 14.5. The maximum absolute atomic E-state index is 13.3. The molecule has 30 heavy (non-hydrogen) atoms. The molecule has 0 aliphatic rings. The van der Waals surface area contributed by atoms with Crippen LogP contribution in [0.3, 0.4) is 0 Å². The normalized spacial score (nSPS) is 10.7. The third-order valence-electron chi connectivity index (χ3n) is 4.05. The van der Waals surface area contributed by atoms with Crippen LogP contribution >= 0.6 is 0 Å². The van der Waals surface area contributed by atoms with Crippen LogP contribution in [-0.4, -0.2) is 30.5 Å². The van der Waals surface area contributed by atoms with E-state index in [-0.39, 0.29) is 30.0 Å². The number of ether oxygens (including phenoxy) is 1. The Kier molecular flexibility index (Phi) is 5.46. The summed E-state index contributed by atoms with van der Waals surface area (Å²) in [4.78, 5) is 16.4. The molecule has 0 saturated heterocycles. The van der Waals surface area contributed by atoms with E-state index >= 15 is 0 Å². The van der Waals surface area contributed by atoms with Gasteiger partial charge in [-0.1, -0.05) is 12.1 Å². The van der Waals surface area contributed by atoms with Gasteiger partial charge in [0.2, 0.25) is 5.95 Å². The summed E-state index contributed by atoms with van der Waals surface area (Å²) in [5.41, 5.74) is 0.872. The van der Waals surface area contributed by atoms with Gasteiger partial charge in [-0.25, -0.2) is 23.1 Å². The predicted octanol–water partition coefficient (Wildman–Crippen LogP) is 3.09. The highest BCUT2D eigenvalue weighted by Gasteiger charge is 2.13. The van der Waals surface area contributed by atoms with E-state index in [9.17, 15) is 13.6 Å². The van der Waals surface area contributed by atoms with Crippen molar-refractivity contribution in [3.63, 3.8) is 0 Å². The van der Waals surface area contributed by atoms with Crippen molar-refractivity contribution in [2.45, 2.75) is 13.3 Å². The summed E-state index contributed by atoms with van der Waals surface area (Å²) < 4.78 is 34.6. The average molecular weight is 410 g/mol. The number of aromatic nitrogens is 5. The van der Waals surface area contributed by atoms with Crippen LogP contribution in [0.25, 0.3) is 0 Å². The summed E-state index contributed by atoms with van der Waals surface area (Å²) in [7, 11) is 0. The molecule has 0 fully saturated rings. The molecular formula is C20H16F2N6O2. The maximum atomic E-state index is 13.3. The van der Waals surface area contributed by atoms with Crippen molar-refractivity contribution < 1.29 is 18.3 Å². The summed E-state index contributed by atoms with van der Waals surface area (Å²) in [5, 5.41) is 10.8. The molecule has 10 heteroatoms. The largest absolute Gasteiger partial charge is 0.471 e. The number of benzene rings is 2. The van der Waals surface area contributed by atoms with Gasteiger partial charge in [-0.15, -0.1) is 5.10 Å². The van der Waals surface area contributed by atoms with E-state index in [1.165, 1.54) is 58.2 Å². The zero-order valence-corrected chi connectivity index (χ0v) is 15.6. The second kappa shape index (κ2) is 8.52. The van der Waals surface area contributed by atoms with Crippen LogP contribution in [0.4, 0.5) is 14.7 Å². The summed E-state index contributed by atoms with van der Waals surface area (Å²) in [6.45, 7) is 0.370. The number of halogens is 2. The molecule has 152 valence electrons. The minimum Gasteiger partial charge on any atom is -0.471 e. The van der Waals surface area contributed by atoms with Gasteiger partial charge in [-0.3, -0.25) is 10.1 Å². The fourth-order valence-corrected chi connectivity index (χ4v) is 2.64. The third kappa shape index (κ3) is 4.85. The molecule has 8 nitrogen and oxygen atoms in total. The molecule has 0 radical (unpaired) electrons. The van der Waals surface area contributed by atoms with Crippen molar-refractivity contribution in [1.29, 1.82) is 0 Å². The summed E-state index contributed by atoms with van der Waals surface area (Å²) in [6, 6.07) is 13.2. The Morgan fingerprint density at radius 1 is 1.00 bits per heavy atom. The van der Waals surface area contributed by atoms with Gasteiger partial charge < -0.3 is 4.74 Å². The van der Waals surface area contributed by atoms with Crippen molar-refractivity contribution >= 4 is 11.9 Å². The lowest BCUT2D eigenvalue weighted by molar-refractivity contribution is 0.101. The fraction of sp³-hybridized carbons (Fsp3) is 0.100. The smallest absolute Gasteiger partial charge is 0.278 e. The first-order valence-corrected chi connectivity index (χ1v) is 8.92. The van der Waals surface area contributed by atoms with Crippen molar-refractivity contribution in [2.75, 3.05) is 5.32 Å². The molecule has 4 rings (SSSR count). The second-order valence-corrected chi connectivity index (χ2v) is 6.32. The van der Waals surface area contributed by atoms with Crippen LogP contribution in [0.15, 0.2) is 67.1 Å². The molecule has 0 aliphatic carbocycles. The minimum atomic E-state index is -0.487. The van der Waals surface area contributed by atoms with E-state index in [2.05, 4.69) is 20.5 Å². The Labute approximate surface area is 169 Å². The molecule has 2 aromatic heterocycles. The third-order valence-corrected chi connectivity index (χ3v) is 4.05. The van der Waals surface area contributed by atoms with Crippen molar-refractivity contribution in [3.8, 4) is 5.75 Å². The fourth-order valence-electron chi connectivity index (χ4n) is 2.64. The first kappa shape index (κ1) is 19.2. The van der Waals surface area contributed by atoms with Crippen LogP contribution in [0, 0.1) is 11.6 Å². The van der Waals surface area contributed by atoms with E-state index in [0.29, 0.717) is 12.3 Å². The van der Waals surface area contributed by atoms with Gasteiger partial charge in [0.05, 0.1) is 6.54 Å². The lowest BCUT2D eigenvalue weighted by Gasteiger charge is -2.05. The zero-order valence-electron chi connectivity index (χ0n) is 15.6. The highest BCUT2D eigenvalue weighted by molar-refractivity contribution is 6.01. The van der Waals surface area contributed by atoms with Crippen LogP contribution in [0.1, 0.15) is 16.1 Å². The van der Waals surface area contributed by atoms with Gasteiger partial charge >= 0.3 is 0 Å². The van der Waals surface area contributed by atoms with E-state index in [1.54, 1.807) is 18.3 Å². The van der Waals surface area contributed by atoms with Gasteiger partial charge in [0.25, 0.3) is 5.91 Å². The molecule has 0 unspecified atom stereocenters. The number of anilines is 1. The molecule has 0 atom stereocenters. The van der Waals surface area contributed by atoms with Gasteiger partial charge in [-0.2, -0.15) is 5.10 Å². The number of nitrogens with one attached hydrogen (secondary N) is 1.